The van der Waals surface area contributed by atoms with E-state index in [1.54, 1.807) is 18.2 Å². The van der Waals surface area contributed by atoms with E-state index in [0.29, 0.717) is 17.9 Å². The van der Waals surface area contributed by atoms with E-state index in [2.05, 4.69) is 0 Å². The summed E-state index contributed by atoms with van der Waals surface area (Å²) in [4.78, 5) is 21.7. The fraction of sp³-hybridized carbons (Fsp3) is 0.300. The molecule has 0 saturated heterocycles. The molecule has 0 radical (unpaired) electrons. The van der Waals surface area contributed by atoms with Gasteiger partial charge in [-0.15, -0.1) is 0 Å². The van der Waals surface area contributed by atoms with Crippen LogP contribution in [0.25, 0.3) is 0 Å². The Labute approximate surface area is 138 Å². The number of rotatable bonds is 4. The maximum Gasteiger partial charge on any atom is 0.335 e. The van der Waals surface area contributed by atoms with Gasteiger partial charge in [-0.25, -0.2) is 4.79 Å². The molecule has 2 rings (SSSR count). The molecule has 0 saturated carbocycles. The number of ketones is 1. The number of aryl methyl sites for hydroxylation is 1. The van der Waals surface area contributed by atoms with Crippen LogP contribution in [0.3, 0.4) is 0 Å². The summed E-state index contributed by atoms with van der Waals surface area (Å²) in [5.74, 6) is -0.268. The summed E-state index contributed by atoms with van der Waals surface area (Å²) in [7, 11) is 0. The van der Waals surface area contributed by atoms with Crippen molar-refractivity contribution in [3.63, 3.8) is 0 Å². The largest absolute Gasteiger partial charge is 0.478 e. The highest BCUT2D eigenvalue weighted by molar-refractivity contribution is 5.95. The van der Waals surface area contributed by atoms with Gasteiger partial charge in [0.1, 0.15) is 0 Å². The number of hydrogen-bond donors (Lipinski definition) is 1. The summed E-state index contributed by atoms with van der Waals surface area (Å²) < 4.78 is 0. The first kappa shape index (κ1) is 18.6. The van der Waals surface area contributed by atoms with Crippen molar-refractivity contribution >= 4 is 11.8 Å². The predicted octanol–water partition coefficient (Wildman–Crippen LogP) is 5.10. The highest BCUT2D eigenvalue weighted by Crippen LogP contribution is 2.15. The summed E-state index contributed by atoms with van der Waals surface area (Å²) in [6.45, 7) is 7.96. The van der Waals surface area contributed by atoms with Crippen LogP contribution in [0, 0.1) is 6.92 Å². The standard InChI is InChI=1S/C10H12O2.C10H12O/c1-7(2)8-4-3-5-9(6-8)10(11)12;1-3-10(11)9-6-4-5-8(2)7-9/h3-7H,1-2H3,(H,11,12);4-7H,3H2,1-2H3. The molecule has 0 amide bonds. The number of carboxylic acids is 1. The minimum Gasteiger partial charge on any atom is -0.478 e. The zero-order valence-corrected chi connectivity index (χ0v) is 14.2. The normalized spacial score (nSPS) is 9.96. The van der Waals surface area contributed by atoms with Crippen LogP contribution in [0.5, 0.6) is 0 Å². The number of carbonyl (C=O) groups is 2. The second kappa shape index (κ2) is 8.89. The molecule has 0 heterocycles. The Hall–Kier alpha value is -2.42. The Balaban J connectivity index is 0.000000231. The molecule has 0 fully saturated rings. The second-order valence-electron chi connectivity index (χ2n) is 5.73. The Morgan fingerprint density at radius 1 is 1.00 bits per heavy atom. The van der Waals surface area contributed by atoms with E-state index in [4.69, 9.17) is 5.11 Å². The summed E-state index contributed by atoms with van der Waals surface area (Å²) in [5, 5.41) is 8.69. The molecule has 0 bridgehead atoms. The molecule has 0 atom stereocenters. The zero-order valence-electron chi connectivity index (χ0n) is 14.2. The summed E-state index contributed by atoms with van der Waals surface area (Å²) >= 11 is 0. The number of carboxylic acid groups (broad SMARTS) is 1. The summed E-state index contributed by atoms with van der Waals surface area (Å²) in [6, 6.07) is 14.7. The van der Waals surface area contributed by atoms with E-state index in [1.807, 2.05) is 58.0 Å². The van der Waals surface area contributed by atoms with Crippen LogP contribution in [-0.4, -0.2) is 16.9 Å². The first-order valence-corrected chi connectivity index (χ1v) is 7.78. The van der Waals surface area contributed by atoms with Gasteiger partial charge in [0.05, 0.1) is 5.56 Å². The maximum absolute atomic E-state index is 11.2. The van der Waals surface area contributed by atoms with E-state index in [9.17, 15) is 9.59 Å². The fourth-order valence-corrected chi connectivity index (χ4v) is 2.05. The van der Waals surface area contributed by atoms with Crippen LogP contribution in [0.2, 0.25) is 0 Å². The molecule has 0 aliphatic rings. The number of aromatic carboxylic acids is 1. The van der Waals surface area contributed by atoms with Crippen LogP contribution in [0.4, 0.5) is 0 Å². The molecule has 0 spiro atoms. The number of hydrogen-bond acceptors (Lipinski definition) is 2. The molecule has 23 heavy (non-hydrogen) atoms. The van der Waals surface area contributed by atoms with Crippen molar-refractivity contribution in [3.8, 4) is 0 Å². The zero-order chi connectivity index (χ0) is 17.4. The first-order valence-electron chi connectivity index (χ1n) is 7.78. The van der Waals surface area contributed by atoms with Crippen molar-refractivity contribution in [3.05, 3.63) is 70.8 Å². The quantitative estimate of drug-likeness (QED) is 0.799. The number of benzene rings is 2. The molecule has 3 nitrogen and oxygen atoms in total. The van der Waals surface area contributed by atoms with Crippen molar-refractivity contribution in [2.75, 3.05) is 0 Å². The van der Waals surface area contributed by atoms with E-state index in [0.717, 1.165) is 16.7 Å². The average molecular weight is 312 g/mol. The van der Waals surface area contributed by atoms with Crippen LogP contribution in [0.15, 0.2) is 48.5 Å². The van der Waals surface area contributed by atoms with E-state index < -0.39 is 5.97 Å². The lowest BCUT2D eigenvalue weighted by Crippen LogP contribution is -1.97. The van der Waals surface area contributed by atoms with Gasteiger partial charge in [-0.05, 0) is 36.6 Å². The van der Waals surface area contributed by atoms with Gasteiger partial charge in [0.25, 0.3) is 0 Å². The van der Waals surface area contributed by atoms with Crippen molar-refractivity contribution in [2.24, 2.45) is 0 Å². The molecule has 2 aromatic rings. The number of carbonyl (C=O) groups excluding carboxylic acids is 1. The smallest absolute Gasteiger partial charge is 0.335 e. The van der Waals surface area contributed by atoms with Gasteiger partial charge in [0.2, 0.25) is 0 Å². The van der Waals surface area contributed by atoms with Crippen LogP contribution in [0.1, 0.15) is 65.0 Å². The lowest BCUT2D eigenvalue weighted by Gasteiger charge is -2.04. The Morgan fingerprint density at radius 2 is 1.61 bits per heavy atom. The van der Waals surface area contributed by atoms with Crippen LogP contribution in [-0.2, 0) is 0 Å². The average Bonchev–Trinajstić information content (AvgIpc) is 2.54. The monoisotopic (exact) mass is 312 g/mol. The van der Waals surface area contributed by atoms with E-state index >= 15 is 0 Å². The Morgan fingerprint density at radius 3 is 2.13 bits per heavy atom. The molecular weight excluding hydrogens is 288 g/mol. The van der Waals surface area contributed by atoms with Gasteiger partial charge in [0, 0.05) is 12.0 Å². The molecule has 122 valence electrons. The molecule has 0 unspecified atom stereocenters. The lowest BCUT2D eigenvalue weighted by atomic mass is 10.0. The first-order chi connectivity index (χ1) is 10.8. The molecule has 0 aliphatic carbocycles. The third kappa shape index (κ3) is 6.07. The van der Waals surface area contributed by atoms with Crippen LogP contribution >= 0.6 is 0 Å². The third-order valence-electron chi connectivity index (χ3n) is 3.46. The molecule has 0 aliphatic heterocycles. The van der Waals surface area contributed by atoms with Crippen molar-refractivity contribution in [1.29, 1.82) is 0 Å². The number of Topliss-reactive ketones (excluding diaryl/α,β-unsaturated/α-hetero) is 1. The van der Waals surface area contributed by atoms with Gasteiger partial charge in [-0.3, -0.25) is 4.79 Å². The van der Waals surface area contributed by atoms with E-state index in [-0.39, 0.29) is 5.78 Å². The lowest BCUT2D eigenvalue weighted by molar-refractivity contribution is 0.0696. The third-order valence-corrected chi connectivity index (χ3v) is 3.46. The molecule has 2 aromatic carbocycles. The molecule has 3 heteroatoms. The van der Waals surface area contributed by atoms with Crippen molar-refractivity contribution in [1.82, 2.24) is 0 Å². The summed E-state index contributed by atoms with van der Waals surface area (Å²) in [6.07, 6.45) is 0.587. The van der Waals surface area contributed by atoms with Crippen molar-refractivity contribution < 1.29 is 14.7 Å². The molecular formula is C20H24O3. The minimum atomic E-state index is -0.863. The van der Waals surface area contributed by atoms with Gasteiger partial charge < -0.3 is 5.11 Å². The topological polar surface area (TPSA) is 54.4 Å². The molecule has 1 N–H and O–H groups in total. The van der Waals surface area contributed by atoms with Gasteiger partial charge in [0.15, 0.2) is 5.78 Å². The van der Waals surface area contributed by atoms with Gasteiger partial charge in [-0.1, -0.05) is 56.7 Å². The Kier molecular flexibility index (Phi) is 7.20. The van der Waals surface area contributed by atoms with Crippen LogP contribution < -0.4 is 0 Å². The predicted molar refractivity (Wildman–Crippen MR) is 93.3 cm³/mol. The fourth-order valence-electron chi connectivity index (χ4n) is 2.05. The maximum atomic E-state index is 11.2. The SMILES string of the molecule is CC(C)c1cccc(C(=O)O)c1.CCC(=O)c1cccc(C)c1. The summed E-state index contributed by atoms with van der Waals surface area (Å²) in [5.41, 5.74) is 3.40. The van der Waals surface area contributed by atoms with Crippen molar-refractivity contribution in [2.45, 2.75) is 40.0 Å². The van der Waals surface area contributed by atoms with Gasteiger partial charge >= 0.3 is 5.97 Å². The van der Waals surface area contributed by atoms with E-state index in [1.165, 1.54) is 0 Å². The molecule has 0 aromatic heterocycles. The highest BCUT2D eigenvalue weighted by atomic mass is 16.4. The Bertz CT molecular complexity index is 672. The minimum absolute atomic E-state index is 0.216. The second-order valence-corrected chi connectivity index (χ2v) is 5.73. The van der Waals surface area contributed by atoms with Gasteiger partial charge in [-0.2, -0.15) is 0 Å². The highest BCUT2D eigenvalue weighted by Gasteiger charge is 2.04.